The zero-order valence-electron chi connectivity index (χ0n) is 13.5. The minimum Gasteiger partial charge on any atom is -0.389 e. The van der Waals surface area contributed by atoms with Crippen molar-refractivity contribution in [2.45, 2.75) is 19.4 Å². The molecule has 1 heterocycles. The summed E-state index contributed by atoms with van der Waals surface area (Å²) >= 11 is 0. The summed E-state index contributed by atoms with van der Waals surface area (Å²) in [5.41, 5.74) is 0. The third-order valence-corrected chi connectivity index (χ3v) is 3.02. The average molecular weight is 311 g/mol. The minimum absolute atomic E-state index is 0.104. The molecular formula is C20H25NO2. The number of carbonyl (C=O) groups is 1. The summed E-state index contributed by atoms with van der Waals surface area (Å²) in [6.45, 7) is 2.65. The lowest BCUT2D eigenvalue weighted by Crippen LogP contribution is -2.25. The number of carbonyl (C=O) groups excluding carboxylic acids is 1. The maximum Gasteiger partial charge on any atom is 0.243 e. The molecule has 122 valence electrons. The topological polar surface area (TPSA) is 49.3 Å². The summed E-state index contributed by atoms with van der Waals surface area (Å²) in [6, 6.07) is 0. The average Bonchev–Trinajstić information content (AvgIpc) is 2.53. The number of amides is 1. The fourth-order valence-corrected chi connectivity index (χ4v) is 1.74. The van der Waals surface area contributed by atoms with Gasteiger partial charge in [0.25, 0.3) is 0 Å². The van der Waals surface area contributed by atoms with Crippen molar-refractivity contribution in [2.24, 2.45) is 5.92 Å². The van der Waals surface area contributed by atoms with E-state index in [4.69, 9.17) is 0 Å². The van der Waals surface area contributed by atoms with E-state index in [1.54, 1.807) is 18.2 Å². The molecule has 0 bridgehead atoms. The van der Waals surface area contributed by atoms with Crippen LogP contribution in [0.3, 0.4) is 0 Å². The summed E-state index contributed by atoms with van der Waals surface area (Å²) in [5, 5.41) is 12.6. The number of hydrogen-bond donors (Lipinski definition) is 2. The Morgan fingerprint density at radius 3 is 2.30 bits per heavy atom. The first-order valence-corrected chi connectivity index (χ1v) is 7.82. The molecule has 0 aromatic rings. The van der Waals surface area contributed by atoms with Gasteiger partial charge in [0.2, 0.25) is 5.91 Å². The maximum absolute atomic E-state index is 11.6. The fourth-order valence-electron chi connectivity index (χ4n) is 1.74. The van der Waals surface area contributed by atoms with Crippen molar-refractivity contribution in [2.75, 3.05) is 6.54 Å². The van der Waals surface area contributed by atoms with Crippen LogP contribution in [0.4, 0.5) is 0 Å². The van der Waals surface area contributed by atoms with Crippen LogP contribution in [0.15, 0.2) is 85.1 Å². The number of hydrogen-bond acceptors (Lipinski definition) is 2. The Morgan fingerprint density at radius 1 is 0.913 bits per heavy atom. The van der Waals surface area contributed by atoms with Crippen molar-refractivity contribution in [3.8, 4) is 0 Å². The molecule has 0 aromatic heterocycles. The second kappa shape index (κ2) is 12.2. The van der Waals surface area contributed by atoms with Crippen LogP contribution >= 0.6 is 0 Å². The smallest absolute Gasteiger partial charge is 0.243 e. The molecule has 0 saturated carbocycles. The summed E-state index contributed by atoms with van der Waals surface area (Å²) in [6.07, 6.45) is 25.8. The molecular weight excluding hydrogens is 286 g/mol. The highest BCUT2D eigenvalue weighted by Gasteiger charge is 1.98. The van der Waals surface area contributed by atoms with E-state index in [1.807, 2.05) is 67.7 Å². The molecule has 0 aromatic carbocycles. The number of aliphatic hydroxyl groups excluding tert-OH is 1. The predicted octanol–water partition coefficient (Wildman–Crippen LogP) is 3.40. The molecule has 3 heteroatoms. The van der Waals surface area contributed by atoms with Gasteiger partial charge in [-0.05, 0) is 12.3 Å². The van der Waals surface area contributed by atoms with Crippen molar-refractivity contribution in [1.29, 1.82) is 0 Å². The number of allylic oxidation sites excluding steroid dienone is 10. The van der Waals surface area contributed by atoms with Gasteiger partial charge in [0, 0.05) is 12.6 Å². The van der Waals surface area contributed by atoms with E-state index in [-0.39, 0.29) is 11.8 Å². The van der Waals surface area contributed by atoms with Gasteiger partial charge in [-0.15, -0.1) is 0 Å². The molecule has 3 nitrogen and oxygen atoms in total. The summed E-state index contributed by atoms with van der Waals surface area (Å²) < 4.78 is 0. The number of nitrogens with one attached hydrogen (secondary N) is 1. The Labute approximate surface area is 138 Å². The first-order chi connectivity index (χ1) is 11.2. The highest BCUT2D eigenvalue weighted by Crippen LogP contribution is 1.98. The standard InChI is InChI=1S/C20H25NO2/c1-18-13-9-5-2-3-6-10-14-19(22)15-11-7-4-8-12-16-20(23)21-17-18/h2-14,16,18-19,22H,15,17H2,1H3,(H,21,23)/b5-2+,6-3-,8-4+,11-7+,13-9+,14-10+,16-12+/t18-,19-/m1/s1. The molecule has 2 N–H and O–H groups in total. The van der Waals surface area contributed by atoms with Crippen molar-refractivity contribution >= 4 is 5.91 Å². The van der Waals surface area contributed by atoms with Crippen LogP contribution in [-0.2, 0) is 4.79 Å². The van der Waals surface area contributed by atoms with Crippen LogP contribution in [0.5, 0.6) is 0 Å². The monoisotopic (exact) mass is 311 g/mol. The summed E-state index contributed by atoms with van der Waals surface area (Å²) in [5.74, 6) is 0.160. The van der Waals surface area contributed by atoms with Gasteiger partial charge in [0.1, 0.15) is 0 Å². The zero-order chi connectivity index (χ0) is 16.8. The second-order valence-electron chi connectivity index (χ2n) is 5.24. The molecule has 1 aliphatic rings. The van der Waals surface area contributed by atoms with E-state index in [1.165, 1.54) is 6.08 Å². The first kappa shape index (κ1) is 18.7. The summed E-state index contributed by atoms with van der Waals surface area (Å²) in [4.78, 5) is 11.6. The Morgan fingerprint density at radius 2 is 1.52 bits per heavy atom. The van der Waals surface area contributed by atoms with Crippen LogP contribution in [0.25, 0.3) is 0 Å². The Hall–Kier alpha value is -2.39. The SMILES string of the molecule is C[C@@H]1/C=C/C=C/C=C\C=C\[C@@H](O)C/C=C/C=C/C=C/C(=O)NC1. The first-order valence-electron chi connectivity index (χ1n) is 7.82. The second-order valence-corrected chi connectivity index (χ2v) is 5.24. The normalized spacial score (nSPS) is 33.6. The van der Waals surface area contributed by atoms with E-state index >= 15 is 0 Å². The largest absolute Gasteiger partial charge is 0.389 e. The molecule has 0 aliphatic carbocycles. The van der Waals surface area contributed by atoms with Crippen molar-refractivity contribution in [3.05, 3.63) is 85.1 Å². The third-order valence-electron chi connectivity index (χ3n) is 3.02. The van der Waals surface area contributed by atoms with Crippen molar-refractivity contribution < 1.29 is 9.90 Å². The van der Waals surface area contributed by atoms with E-state index < -0.39 is 6.10 Å². The number of rotatable bonds is 0. The zero-order valence-corrected chi connectivity index (χ0v) is 13.5. The lowest BCUT2D eigenvalue weighted by Gasteiger charge is -2.05. The maximum atomic E-state index is 11.6. The lowest BCUT2D eigenvalue weighted by atomic mass is 10.1. The van der Waals surface area contributed by atoms with E-state index in [0.29, 0.717) is 13.0 Å². The van der Waals surface area contributed by atoms with Gasteiger partial charge in [0.05, 0.1) is 6.10 Å². The molecule has 0 radical (unpaired) electrons. The third kappa shape index (κ3) is 10.9. The lowest BCUT2D eigenvalue weighted by molar-refractivity contribution is -0.116. The van der Waals surface area contributed by atoms with Crippen molar-refractivity contribution in [1.82, 2.24) is 5.32 Å². The fraction of sp³-hybridized carbons (Fsp3) is 0.250. The van der Waals surface area contributed by atoms with Gasteiger partial charge in [-0.25, -0.2) is 0 Å². The molecule has 0 unspecified atom stereocenters. The molecule has 0 spiro atoms. The van der Waals surface area contributed by atoms with Crippen LogP contribution < -0.4 is 5.32 Å². The predicted molar refractivity (Wildman–Crippen MR) is 96.8 cm³/mol. The van der Waals surface area contributed by atoms with Crippen LogP contribution in [0.2, 0.25) is 0 Å². The molecule has 1 amide bonds. The molecule has 0 fully saturated rings. The van der Waals surface area contributed by atoms with Crippen LogP contribution in [0, 0.1) is 5.92 Å². The molecule has 1 rings (SSSR count). The highest BCUT2D eigenvalue weighted by molar-refractivity contribution is 5.87. The van der Waals surface area contributed by atoms with Gasteiger partial charge >= 0.3 is 0 Å². The van der Waals surface area contributed by atoms with Crippen molar-refractivity contribution in [3.63, 3.8) is 0 Å². The van der Waals surface area contributed by atoms with Gasteiger partial charge in [-0.3, -0.25) is 4.79 Å². The van der Waals surface area contributed by atoms with Gasteiger partial charge in [-0.1, -0.05) is 85.9 Å². The number of aliphatic hydroxyl groups is 1. The van der Waals surface area contributed by atoms with E-state index in [9.17, 15) is 9.90 Å². The van der Waals surface area contributed by atoms with Crippen LogP contribution in [0.1, 0.15) is 13.3 Å². The molecule has 0 saturated heterocycles. The molecule has 2 atom stereocenters. The minimum atomic E-state index is -0.499. The summed E-state index contributed by atoms with van der Waals surface area (Å²) in [7, 11) is 0. The molecule has 23 heavy (non-hydrogen) atoms. The quantitative estimate of drug-likeness (QED) is 0.720. The Bertz CT molecular complexity index is 548. The Kier molecular flexibility index (Phi) is 9.88. The highest BCUT2D eigenvalue weighted by atomic mass is 16.3. The van der Waals surface area contributed by atoms with Crippen LogP contribution in [-0.4, -0.2) is 23.7 Å². The van der Waals surface area contributed by atoms with Gasteiger partial charge in [0.15, 0.2) is 0 Å². The Balaban J connectivity index is 2.70. The van der Waals surface area contributed by atoms with E-state index in [2.05, 4.69) is 5.32 Å². The van der Waals surface area contributed by atoms with E-state index in [0.717, 1.165) is 0 Å². The van der Waals surface area contributed by atoms with Gasteiger partial charge < -0.3 is 10.4 Å². The molecule has 1 aliphatic heterocycles. The van der Waals surface area contributed by atoms with Gasteiger partial charge in [-0.2, -0.15) is 0 Å².